The third-order valence-corrected chi connectivity index (χ3v) is 4.16. The van der Waals surface area contributed by atoms with Crippen LogP contribution in [0.15, 0.2) is 30.3 Å². The lowest BCUT2D eigenvalue weighted by atomic mass is 9.95. The molecule has 1 fully saturated rings. The topological polar surface area (TPSA) is 32.5 Å². The van der Waals surface area contributed by atoms with E-state index in [1.54, 1.807) is 0 Å². The second kappa shape index (κ2) is 7.77. The third-order valence-electron chi connectivity index (χ3n) is 4.16. The smallest absolute Gasteiger partial charge is 0.0208 e. The monoisotopic (exact) mass is 275 g/mol. The Morgan fingerprint density at radius 3 is 2.45 bits per heavy atom. The van der Waals surface area contributed by atoms with E-state index in [0.717, 1.165) is 18.9 Å². The first-order valence-electron chi connectivity index (χ1n) is 7.80. The Hall–Kier alpha value is -0.900. The molecule has 0 spiro atoms. The lowest BCUT2D eigenvalue weighted by molar-refractivity contribution is 0.156. The van der Waals surface area contributed by atoms with Gasteiger partial charge in [0.1, 0.15) is 0 Å². The highest BCUT2D eigenvalue weighted by molar-refractivity contribution is 5.15. The molecule has 0 bridgehead atoms. The minimum Gasteiger partial charge on any atom is -0.326 e. The van der Waals surface area contributed by atoms with Crippen molar-refractivity contribution in [2.24, 2.45) is 11.7 Å². The van der Waals surface area contributed by atoms with Gasteiger partial charge in [-0.3, -0.25) is 0 Å². The van der Waals surface area contributed by atoms with Crippen LogP contribution in [0.1, 0.15) is 18.4 Å². The fourth-order valence-electron chi connectivity index (χ4n) is 3.18. The first-order valence-corrected chi connectivity index (χ1v) is 7.80. The predicted octanol–water partition coefficient (Wildman–Crippen LogP) is 1.83. The maximum Gasteiger partial charge on any atom is 0.0208 e. The number of nitrogens with two attached hydrogens (primary N) is 1. The van der Waals surface area contributed by atoms with Crippen LogP contribution in [0, 0.1) is 5.92 Å². The SMILES string of the molecule is CN(C)CC1CCN(CC(N)Cc2ccccc2)CC1. The molecule has 1 atom stereocenters. The summed E-state index contributed by atoms with van der Waals surface area (Å²) in [6.07, 6.45) is 3.62. The zero-order valence-electron chi connectivity index (χ0n) is 13.0. The molecular weight excluding hydrogens is 246 g/mol. The molecule has 3 nitrogen and oxygen atoms in total. The number of rotatable bonds is 6. The van der Waals surface area contributed by atoms with E-state index in [1.807, 2.05) is 0 Å². The molecule has 1 aliphatic heterocycles. The van der Waals surface area contributed by atoms with Crippen LogP contribution in [0.3, 0.4) is 0 Å². The van der Waals surface area contributed by atoms with E-state index >= 15 is 0 Å². The minimum atomic E-state index is 0.253. The van der Waals surface area contributed by atoms with Crippen molar-refractivity contribution in [3.8, 4) is 0 Å². The Kier molecular flexibility index (Phi) is 6.02. The Bertz CT molecular complexity index is 369. The van der Waals surface area contributed by atoms with Crippen molar-refractivity contribution < 1.29 is 0 Å². The zero-order chi connectivity index (χ0) is 14.4. The Labute approximate surface area is 123 Å². The molecule has 1 aliphatic rings. The summed E-state index contributed by atoms with van der Waals surface area (Å²) in [7, 11) is 4.34. The molecule has 0 saturated carbocycles. The van der Waals surface area contributed by atoms with Gasteiger partial charge in [0.25, 0.3) is 0 Å². The van der Waals surface area contributed by atoms with Gasteiger partial charge < -0.3 is 15.5 Å². The van der Waals surface area contributed by atoms with Gasteiger partial charge in [-0.2, -0.15) is 0 Å². The Morgan fingerprint density at radius 1 is 1.20 bits per heavy atom. The van der Waals surface area contributed by atoms with Gasteiger partial charge in [-0.25, -0.2) is 0 Å². The average molecular weight is 275 g/mol. The van der Waals surface area contributed by atoms with Crippen LogP contribution in [-0.2, 0) is 6.42 Å². The summed E-state index contributed by atoms with van der Waals surface area (Å²) in [6, 6.07) is 10.8. The molecule has 0 radical (unpaired) electrons. The van der Waals surface area contributed by atoms with Gasteiger partial charge in [-0.05, 0) is 57.9 Å². The number of nitrogens with zero attached hydrogens (tertiary/aromatic N) is 2. The van der Waals surface area contributed by atoms with Crippen molar-refractivity contribution >= 4 is 0 Å². The van der Waals surface area contributed by atoms with Crippen molar-refractivity contribution in [3.05, 3.63) is 35.9 Å². The molecule has 0 aromatic heterocycles. The molecule has 1 saturated heterocycles. The molecule has 0 aliphatic carbocycles. The number of piperidine rings is 1. The highest BCUT2D eigenvalue weighted by atomic mass is 15.1. The number of likely N-dealkylation sites (tertiary alicyclic amines) is 1. The van der Waals surface area contributed by atoms with Crippen LogP contribution in [0.4, 0.5) is 0 Å². The zero-order valence-corrected chi connectivity index (χ0v) is 13.0. The molecule has 3 heteroatoms. The lowest BCUT2D eigenvalue weighted by Gasteiger charge is -2.34. The van der Waals surface area contributed by atoms with Gasteiger partial charge >= 0.3 is 0 Å². The molecule has 2 N–H and O–H groups in total. The largest absolute Gasteiger partial charge is 0.326 e. The predicted molar refractivity (Wildman–Crippen MR) is 85.8 cm³/mol. The highest BCUT2D eigenvalue weighted by Crippen LogP contribution is 2.18. The molecule has 1 heterocycles. The molecular formula is C17H29N3. The van der Waals surface area contributed by atoms with Crippen LogP contribution in [0.2, 0.25) is 0 Å². The normalized spacial score (nSPS) is 19.4. The third kappa shape index (κ3) is 5.23. The summed E-state index contributed by atoms with van der Waals surface area (Å²) in [6.45, 7) is 4.68. The molecule has 20 heavy (non-hydrogen) atoms. The quantitative estimate of drug-likeness (QED) is 0.860. The van der Waals surface area contributed by atoms with Crippen molar-refractivity contribution in [1.82, 2.24) is 9.80 Å². The summed E-state index contributed by atoms with van der Waals surface area (Å²) in [4.78, 5) is 4.85. The summed E-state index contributed by atoms with van der Waals surface area (Å²) in [5, 5.41) is 0. The fourth-order valence-corrected chi connectivity index (χ4v) is 3.18. The molecule has 0 amide bonds. The van der Waals surface area contributed by atoms with Crippen LogP contribution in [0.5, 0.6) is 0 Å². The van der Waals surface area contributed by atoms with Crippen molar-refractivity contribution in [1.29, 1.82) is 0 Å². The van der Waals surface area contributed by atoms with Crippen LogP contribution < -0.4 is 5.73 Å². The fraction of sp³-hybridized carbons (Fsp3) is 0.647. The maximum absolute atomic E-state index is 6.30. The van der Waals surface area contributed by atoms with Crippen LogP contribution >= 0.6 is 0 Å². The summed E-state index contributed by atoms with van der Waals surface area (Å²) < 4.78 is 0. The van der Waals surface area contributed by atoms with Gasteiger partial charge in [0.15, 0.2) is 0 Å². The van der Waals surface area contributed by atoms with E-state index in [-0.39, 0.29) is 6.04 Å². The van der Waals surface area contributed by atoms with Gasteiger partial charge in [0.05, 0.1) is 0 Å². The molecule has 1 unspecified atom stereocenters. The van der Waals surface area contributed by atoms with E-state index in [9.17, 15) is 0 Å². The second-order valence-corrected chi connectivity index (χ2v) is 6.46. The van der Waals surface area contributed by atoms with E-state index < -0.39 is 0 Å². The first kappa shape index (κ1) is 15.5. The molecule has 1 aromatic rings. The van der Waals surface area contributed by atoms with E-state index in [2.05, 4.69) is 54.2 Å². The standard InChI is InChI=1S/C17H29N3/c1-19(2)13-16-8-10-20(11-9-16)14-17(18)12-15-6-4-3-5-7-15/h3-7,16-17H,8-14,18H2,1-2H3. The average Bonchev–Trinajstić information content (AvgIpc) is 2.41. The van der Waals surface area contributed by atoms with Crippen LogP contribution in [0.25, 0.3) is 0 Å². The van der Waals surface area contributed by atoms with E-state index in [0.29, 0.717) is 0 Å². The Balaban J connectivity index is 1.70. The number of hydrogen-bond acceptors (Lipinski definition) is 3. The number of hydrogen-bond donors (Lipinski definition) is 1. The lowest BCUT2D eigenvalue weighted by Crippen LogP contribution is -2.44. The molecule has 112 valence electrons. The van der Waals surface area contributed by atoms with Crippen molar-refractivity contribution in [2.45, 2.75) is 25.3 Å². The van der Waals surface area contributed by atoms with Gasteiger partial charge in [0.2, 0.25) is 0 Å². The van der Waals surface area contributed by atoms with Crippen molar-refractivity contribution in [3.63, 3.8) is 0 Å². The highest BCUT2D eigenvalue weighted by Gasteiger charge is 2.20. The van der Waals surface area contributed by atoms with Gasteiger partial charge in [-0.15, -0.1) is 0 Å². The van der Waals surface area contributed by atoms with Crippen molar-refractivity contribution in [2.75, 3.05) is 40.3 Å². The maximum atomic E-state index is 6.30. The second-order valence-electron chi connectivity index (χ2n) is 6.46. The Morgan fingerprint density at radius 2 is 1.85 bits per heavy atom. The summed E-state index contributed by atoms with van der Waals surface area (Å²) in [5.74, 6) is 0.867. The number of benzene rings is 1. The summed E-state index contributed by atoms with van der Waals surface area (Å²) >= 11 is 0. The van der Waals surface area contributed by atoms with Crippen LogP contribution in [-0.4, -0.2) is 56.1 Å². The molecule has 1 aromatic carbocycles. The van der Waals surface area contributed by atoms with E-state index in [1.165, 1.54) is 38.0 Å². The van der Waals surface area contributed by atoms with E-state index in [4.69, 9.17) is 5.73 Å². The van der Waals surface area contributed by atoms with Gasteiger partial charge in [0, 0.05) is 19.1 Å². The first-order chi connectivity index (χ1) is 9.63. The minimum absolute atomic E-state index is 0.253. The molecule has 2 rings (SSSR count). The van der Waals surface area contributed by atoms with Gasteiger partial charge in [-0.1, -0.05) is 30.3 Å². The summed E-state index contributed by atoms with van der Waals surface area (Å²) in [5.41, 5.74) is 7.65.